The molecular formula is C20H20N4O2S. The topological polar surface area (TPSA) is 87.7 Å². The fourth-order valence-electron chi connectivity index (χ4n) is 2.48. The van der Waals surface area contributed by atoms with Gasteiger partial charge in [0.15, 0.2) is 10.9 Å². The van der Waals surface area contributed by atoms with Crippen molar-refractivity contribution in [1.82, 2.24) is 15.2 Å². The molecule has 0 aliphatic heterocycles. The fraction of sp³-hybridized carbons (Fsp3) is 0.200. The molecule has 2 N–H and O–H groups in total. The summed E-state index contributed by atoms with van der Waals surface area (Å²) in [6, 6.07) is 16.7. The first-order chi connectivity index (χ1) is 13.1. The van der Waals surface area contributed by atoms with Crippen molar-refractivity contribution >= 4 is 23.4 Å². The summed E-state index contributed by atoms with van der Waals surface area (Å²) in [6.07, 6.45) is 0.590. The van der Waals surface area contributed by atoms with Gasteiger partial charge in [-0.05, 0) is 25.5 Å². The normalized spacial score (nSPS) is 11.8. The highest BCUT2D eigenvalue weighted by Crippen LogP contribution is 2.23. The van der Waals surface area contributed by atoms with Crippen molar-refractivity contribution in [3.05, 3.63) is 70.5 Å². The predicted octanol–water partition coefficient (Wildman–Crippen LogP) is 3.65. The number of nitrogens with one attached hydrogen (secondary N) is 2. The third-order valence-electron chi connectivity index (χ3n) is 3.96. The highest BCUT2D eigenvalue weighted by molar-refractivity contribution is 8.00. The minimum atomic E-state index is -0.390. The molecule has 0 fully saturated rings. The van der Waals surface area contributed by atoms with Crippen LogP contribution in [0.5, 0.6) is 0 Å². The van der Waals surface area contributed by atoms with E-state index in [0.717, 1.165) is 11.3 Å². The van der Waals surface area contributed by atoms with Gasteiger partial charge < -0.3 is 5.32 Å². The lowest BCUT2D eigenvalue weighted by atomic mass is 10.2. The molecule has 0 radical (unpaired) electrons. The summed E-state index contributed by atoms with van der Waals surface area (Å²) in [5.41, 5.74) is 2.50. The molecule has 27 heavy (non-hydrogen) atoms. The van der Waals surface area contributed by atoms with Crippen LogP contribution in [-0.4, -0.2) is 26.3 Å². The summed E-state index contributed by atoms with van der Waals surface area (Å²) in [5, 5.41) is 11.0. The lowest BCUT2D eigenvalue weighted by molar-refractivity contribution is -0.115. The van der Waals surface area contributed by atoms with E-state index in [0.29, 0.717) is 17.1 Å². The van der Waals surface area contributed by atoms with E-state index in [1.165, 1.54) is 11.8 Å². The molecular weight excluding hydrogens is 360 g/mol. The number of nitrogens with zero attached hydrogens (tertiary/aromatic N) is 2. The molecule has 1 aromatic heterocycles. The zero-order valence-electron chi connectivity index (χ0n) is 15.1. The lowest BCUT2D eigenvalue weighted by Gasteiger charge is -2.14. The summed E-state index contributed by atoms with van der Waals surface area (Å²) in [6.45, 7) is 3.90. The van der Waals surface area contributed by atoms with E-state index in [9.17, 15) is 9.59 Å². The molecule has 0 aliphatic rings. The minimum Gasteiger partial charge on any atom is -0.325 e. The van der Waals surface area contributed by atoms with Crippen LogP contribution in [0.15, 0.2) is 64.5 Å². The minimum absolute atomic E-state index is 0.138. The molecule has 1 heterocycles. The van der Waals surface area contributed by atoms with E-state index in [4.69, 9.17) is 0 Å². The van der Waals surface area contributed by atoms with Gasteiger partial charge in [-0.25, -0.2) is 0 Å². The number of H-pyrrole nitrogens is 1. The molecule has 0 bridgehead atoms. The summed E-state index contributed by atoms with van der Waals surface area (Å²) in [7, 11) is 0. The standard InChI is InChI=1S/C20H20N4O2S/c1-3-16(18(25)21-15-11-9-13(2)10-12-15)27-20-22-19(26)17(23-24-20)14-7-5-4-6-8-14/h4-12,16H,3H2,1-2H3,(H,21,25)(H,22,24,26). The number of hydrogen-bond acceptors (Lipinski definition) is 5. The maximum atomic E-state index is 12.5. The van der Waals surface area contributed by atoms with Crippen LogP contribution in [-0.2, 0) is 4.79 Å². The molecule has 0 saturated heterocycles. The largest absolute Gasteiger partial charge is 0.325 e. The van der Waals surface area contributed by atoms with Gasteiger partial charge in [0.1, 0.15) is 0 Å². The van der Waals surface area contributed by atoms with E-state index in [2.05, 4.69) is 20.5 Å². The SMILES string of the molecule is CCC(Sc1nnc(-c2ccccc2)c(=O)[nH]1)C(=O)Nc1ccc(C)cc1. The van der Waals surface area contributed by atoms with Gasteiger partial charge in [0, 0.05) is 11.3 Å². The van der Waals surface area contributed by atoms with Crippen LogP contribution >= 0.6 is 11.8 Å². The van der Waals surface area contributed by atoms with Crippen LogP contribution in [0.4, 0.5) is 5.69 Å². The van der Waals surface area contributed by atoms with Crippen molar-refractivity contribution in [2.24, 2.45) is 0 Å². The first-order valence-electron chi connectivity index (χ1n) is 8.63. The van der Waals surface area contributed by atoms with Crippen molar-refractivity contribution in [3.8, 4) is 11.3 Å². The summed E-state index contributed by atoms with van der Waals surface area (Å²) in [4.78, 5) is 27.6. The lowest BCUT2D eigenvalue weighted by Crippen LogP contribution is -2.25. The Kier molecular flexibility index (Phi) is 6.03. The first-order valence-corrected chi connectivity index (χ1v) is 9.51. The second-order valence-corrected chi connectivity index (χ2v) is 7.24. The van der Waals surface area contributed by atoms with Gasteiger partial charge >= 0.3 is 0 Å². The summed E-state index contributed by atoms with van der Waals surface area (Å²) < 4.78 is 0. The van der Waals surface area contributed by atoms with Gasteiger partial charge in [0.2, 0.25) is 5.91 Å². The second kappa shape index (κ2) is 8.64. The molecule has 0 saturated carbocycles. The van der Waals surface area contributed by atoms with E-state index in [-0.39, 0.29) is 22.4 Å². The van der Waals surface area contributed by atoms with Gasteiger partial charge in [-0.15, -0.1) is 10.2 Å². The van der Waals surface area contributed by atoms with Crippen LogP contribution in [0.1, 0.15) is 18.9 Å². The number of aryl methyl sites for hydroxylation is 1. The number of amides is 1. The zero-order valence-corrected chi connectivity index (χ0v) is 15.9. The van der Waals surface area contributed by atoms with Crippen molar-refractivity contribution < 1.29 is 4.79 Å². The Labute approximate surface area is 161 Å². The maximum Gasteiger partial charge on any atom is 0.278 e. The van der Waals surface area contributed by atoms with Crippen LogP contribution in [0.25, 0.3) is 11.3 Å². The van der Waals surface area contributed by atoms with Crippen LogP contribution in [0, 0.1) is 6.92 Å². The van der Waals surface area contributed by atoms with E-state index in [1.807, 2.05) is 56.3 Å². The molecule has 3 rings (SSSR count). The number of hydrogen-bond donors (Lipinski definition) is 2. The summed E-state index contributed by atoms with van der Waals surface area (Å²) in [5.74, 6) is -0.138. The number of benzene rings is 2. The first kappa shape index (κ1) is 18.8. The Morgan fingerprint density at radius 3 is 2.44 bits per heavy atom. The average Bonchev–Trinajstić information content (AvgIpc) is 2.68. The number of thioether (sulfide) groups is 1. The zero-order chi connectivity index (χ0) is 19.2. The molecule has 7 heteroatoms. The van der Waals surface area contributed by atoms with Gasteiger partial charge in [-0.1, -0.05) is 66.7 Å². The molecule has 1 unspecified atom stereocenters. The van der Waals surface area contributed by atoms with Crippen LogP contribution in [0.2, 0.25) is 0 Å². The number of aromatic amines is 1. The third-order valence-corrected chi connectivity index (χ3v) is 5.20. The van der Waals surface area contributed by atoms with Gasteiger partial charge in [0.25, 0.3) is 5.56 Å². The Balaban J connectivity index is 1.72. The second-order valence-electron chi connectivity index (χ2n) is 6.04. The molecule has 0 spiro atoms. The number of carbonyl (C=O) groups is 1. The molecule has 1 atom stereocenters. The Morgan fingerprint density at radius 1 is 1.11 bits per heavy atom. The van der Waals surface area contributed by atoms with Gasteiger partial charge in [0.05, 0.1) is 5.25 Å². The number of aromatic nitrogens is 3. The number of carbonyl (C=O) groups excluding carboxylic acids is 1. The van der Waals surface area contributed by atoms with E-state index < -0.39 is 0 Å². The number of anilines is 1. The molecule has 3 aromatic rings. The van der Waals surface area contributed by atoms with Crippen molar-refractivity contribution in [3.63, 3.8) is 0 Å². The monoisotopic (exact) mass is 380 g/mol. The average molecular weight is 380 g/mol. The maximum absolute atomic E-state index is 12.5. The Hall–Kier alpha value is -2.93. The van der Waals surface area contributed by atoms with Gasteiger partial charge in [-0.3, -0.25) is 14.6 Å². The smallest absolute Gasteiger partial charge is 0.278 e. The fourth-order valence-corrected chi connectivity index (χ4v) is 3.32. The van der Waals surface area contributed by atoms with Gasteiger partial charge in [-0.2, -0.15) is 0 Å². The van der Waals surface area contributed by atoms with Crippen molar-refractivity contribution in [2.45, 2.75) is 30.7 Å². The van der Waals surface area contributed by atoms with E-state index >= 15 is 0 Å². The Bertz CT molecular complexity index is 971. The predicted molar refractivity (Wildman–Crippen MR) is 108 cm³/mol. The summed E-state index contributed by atoms with van der Waals surface area (Å²) >= 11 is 1.20. The molecule has 138 valence electrons. The number of rotatable bonds is 6. The Morgan fingerprint density at radius 2 is 1.81 bits per heavy atom. The molecule has 2 aromatic carbocycles. The quantitative estimate of drug-likeness (QED) is 0.637. The highest BCUT2D eigenvalue weighted by Gasteiger charge is 2.20. The molecule has 1 amide bonds. The van der Waals surface area contributed by atoms with E-state index in [1.54, 1.807) is 12.1 Å². The van der Waals surface area contributed by atoms with Crippen molar-refractivity contribution in [2.75, 3.05) is 5.32 Å². The highest BCUT2D eigenvalue weighted by atomic mass is 32.2. The van der Waals surface area contributed by atoms with Crippen LogP contribution in [0.3, 0.4) is 0 Å². The molecule has 6 nitrogen and oxygen atoms in total. The van der Waals surface area contributed by atoms with Crippen LogP contribution < -0.4 is 10.9 Å². The molecule has 0 aliphatic carbocycles. The van der Waals surface area contributed by atoms with Crippen molar-refractivity contribution in [1.29, 1.82) is 0 Å². The third kappa shape index (κ3) is 4.83.